The summed E-state index contributed by atoms with van der Waals surface area (Å²) < 4.78 is 33.3. The third-order valence-electron chi connectivity index (χ3n) is 2.45. The van der Waals surface area contributed by atoms with Crippen molar-refractivity contribution in [1.82, 2.24) is 0 Å². The smallest absolute Gasteiger partial charge is 0.745 e. The van der Waals surface area contributed by atoms with Crippen LogP contribution in [0.1, 0.15) is 18.9 Å². The van der Waals surface area contributed by atoms with Gasteiger partial charge in [0.2, 0.25) is 0 Å². The molecule has 0 saturated carbocycles. The minimum Gasteiger partial charge on any atom is -0.745 e. The fourth-order valence-corrected chi connectivity index (χ4v) is 1.32. The summed E-state index contributed by atoms with van der Waals surface area (Å²) in [5, 5.41) is 8.89. The fraction of sp³-hybridized carbons (Fsp3) is 0.222. The van der Waals surface area contributed by atoms with Gasteiger partial charge in [0, 0.05) is 5.41 Å². The number of benzene rings is 2. The third kappa shape index (κ3) is 17.5. The zero-order valence-corrected chi connectivity index (χ0v) is 17.5. The van der Waals surface area contributed by atoms with E-state index < -0.39 is 10.1 Å². The van der Waals surface area contributed by atoms with Crippen LogP contribution in [-0.2, 0) is 16.7 Å². The number of hydrogen-bond acceptors (Lipinski definition) is 5. The van der Waals surface area contributed by atoms with Crippen molar-refractivity contribution in [3.05, 3.63) is 78.2 Å². The Morgan fingerprint density at radius 3 is 1.84 bits per heavy atom. The Balaban J connectivity index is 0. The molecule has 5 nitrogen and oxygen atoms in total. The summed E-state index contributed by atoms with van der Waals surface area (Å²) in [6.07, 6.45) is 1.06. The first-order chi connectivity index (χ1) is 11.4. The molecule has 0 fully saturated rings. The summed E-state index contributed by atoms with van der Waals surface area (Å²) >= 11 is 0. The quantitative estimate of drug-likeness (QED) is 0.602. The first kappa shape index (κ1) is 26.1. The number of aliphatic hydroxyl groups excluding tert-OH is 1. The van der Waals surface area contributed by atoms with Gasteiger partial charge >= 0.3 is 29.6 Å². The van der Waals surface area contributed by atoms with Gasteiger partial charge in [-0.05, 0) is 24.1 Å². The number of para-hydroxylation sites is 1. The Morgan fingerprint density at radius 1 is 1.08 bits per heavy atom. The van der Waals surface area contributed by atoms with Crippen molar-refractivity contribution in [2.24, 2.45) is 0 Å². The van der Waals surface area contributed by atoms with Crippen molar-refractivity contribution >= 4 is 10.1 Å². The van der Waals surface area contributed by atoms with Gasteiger partial charge < -0.3 is 14.4 Å². The standard InChI is InChI=1S/C9H12O.C7H8O.C2H4O3S.Na/c1-2-8-10-9-6-4-3-5-7-9;8-6-7-4-2-1-3-5-7;1-2-6(3,4)5;/h3-7H,2,8H2,1H3;1-5,8H,6H2;2H,1H2,(H,3,4,5);/q;;;+1/p-1. The molecule has 0 atom stereocenters. The number of aliphatic hydroxyl groups is 1. The molecular formula is C18H23NaO5S. The summed E-state index contributed by atoms with van der Waals surface area (Å²) in [6.45, 7) is 5.78. The summed E-state index contributed by atoms with van der Waals surface area (Å²) in [7, 11) is -4.15. The van der Waals surface area contributed by atoms with Crippen molar-refractivity contribution in [1.29, 1.82) is 0 Å². The average Bonchev–Trinajstić information content (AvgIpc) is 2.62. The predicted octanol–water partition coefficient (Wildman–Crippen LogP) is 0.333. The van der Waals surface area contributed by atoms with E-state index >= 15 is 0 Å². The summed E-state index contributed by atoms with van der Waals surface area (Å²) in [6, 6.07) is 19.4. The van der Waals surface area contributed by atoms with Gasteiger partial charge in [-0.2, -0.15) is 0 Å². The second kappa shape index (κ2) is 16.3. The molecule has 0 bridgehead atoms. The Kier molecular flexibility index (Phi) is 17.0. The molecule has 0 aliphatic rings. The monoisotopic (exact) mass is 374 g/mol. The maximum absolute atomic E-state index is 9.33. The molecule has 1 N–H and O–H groups in total. The number of rotatable bonds is 5. The second-order valence-corrected chi connectivity index (χ2v) is 5.78. The van der Waals surface area contributed by atoms with Crippen molar-refractivity contribution < 1.29 is 52.4 Å². The normalized spacial score (nSPS) is 9.24. The molecule has 2 aromatic carbocycles. The Labute approximate surface area is 172 Å². The van der Waals surface area contributed by atoms with Gasteiger partial charge in [0.25, 0.3) is 0 Å². The van der Waals surface area contributed by atoms with Gasteiger partial charge in [-0.1, -0.05) is 62.0 Å². The van der Waals surface area contributed by atoms with Crippen molar-refractivity contribution in [3.63, 3.8) is 0 Å². The van der Waals surface area contributed by atoms with Crippen molar-refractivity contribution in [3.8, 4) is 5.75 Å². The van der Waals surface area contributed by atoms with E-state index in [9.17, 15) is 13.0 Å². The largest absolute Gasteiger partial charge is 1.00 e. The SMILES string of the molecule is C=CS(=O)(=O)[O-].CCCOc1ccccc1.OCc1ccccc1.[Na+]. The zero-order chi connectivity index (χ0) is 18.3. The van der Waals surface area contributed by atoms with Crippen LogP contribution in [-0.4, -0.2) is 24.7 Å². The molecule has 0 aliphatic heterocycles. The van der Waals surface area contributed by atoms with Crippen molar-refractivity contribution in [2.45, 2.75) is 20.0 Å². The van der Waals surface area contributed by atoms with E-state index in [4.69, 9.17) is 9.84 Å². The molecule has 0 radical (unpaired) electrons. The minimum atomic E-state index is -4.15. The van der Waals surface area contributed by atoms with E-state index in [1.807, 2.05) is 60.7 Å². The van der Waals surface area contributed by atoms with E-state index in [1.54, 1.807) is 0 Å². The molecule has 2 aromatic rings. The van der Waals surface area contributed by atoms with E-state index in [0.717, 1.165) is 24.3 Å². The maximum atomic E-state index is 9.33. The molecule has 0 unspecified atom stereocenters. The van der Waals surface area contributed by atoms with Crippen LogP contribution in [0.15, 0.2) is 72.7 Å². The van der Waals surface area contributed by atoms with Crippen LogP contribution in [0.5, 0.6) is 5.75 Å². The van der Waals surface area contributed by atoms with E-state index in [0.29, 0.717) is 5.41 Å². The molecule has 0 spiro atoms. The molecule has 0 aromatic heterocycles. The molecule has 7 heteroatoms. The van der Waals surface area contributed by atoms with Crippen LogP contribution < -0.4 is 34.3 Å². The molecule has 132 valence electrons. The van der Waals surface area contributed by atoms with Crippen LogP contribution in [0.4, 0.5) is 0 Å². The van der Waals surface area contributed by atoms with Crippen LogP contribution >= 0.6 is 0 Å². The Morgan fingerprint density at radius 2 is 1.52 bits per heavy atom. The number of hydrogen-bond donors (Lipinski definition) is 1. The van der Waals surface area contributed by atoms with Crippen LogP contribution in [0.2, 0.25) is 0 Å². The molecule has 25 heavy (non-hydrogen) atoms. The molecule has 0 heterocycles. The van der Waals surface area contributed by atoms with E-state index in [-0.39, 0.29) is 36.2 Å². The fourth-order valence-electron chi connectivity index (χ4n) is 1.32. The first-order valence-corrected chi connectivity index (χ1v) is 8.81. The van der Waals surface area contributed by atoms with Gasteiger partial charge in [0.1, 0.15) is 15.9 Å². The summed E-state index contributed by atoms with van der Waals surface area (Å²) in [5.74, 6) is 0.962. The van der Waals surface area contributed by atoms with Gasteiger partial charge in [-0.25, -0.2) is 8.42 Å². The average molecular weight is 374 g/mol. The van der Waals surface area contributed by atoms with Gasteiger partial charge in [0.05, 0.1) is 13.2 Å². The van der Waals surface area contributed by atoms with Gasteiger partial charge in [-0.15, -0.1) is 0 Å². The molecule has 0 amide bonds. The topological polar surface area (TPSA) is 86.7 Å². The van der Waals surface area contributed by atoms with Crippen LogP contribution in [0.3, 0.4) is 0 Å². The number of ether oxygens (including phenoxy) is 1. The first-order valence-electron chi connectivity index (χ1n) is 7.34. The molecule has 0 saturated heterocycles. The van der Waals surface area contributed by atoms with Crippen LogP contribution in [0, 0.1) is 0 Å². The minimum absolute atomic E-state index is 0. The molecule has 0 aliphatic carbocycles. The third-order valence-corrected chi connectivity index (χ3v) is 2.85. The van der Waals surface area contributed by atoms with E-state index in [1.165, 1.54) is 0 Å². The van der Waals surface area contributed by atoms with E-state index in [2.05, 4.69) is 13.5 Å². The maximum Gasteiger partial charge on any atom is 1.00 e. The Bertz CT molecular complexity index is 634. The summed E-state index contributed by atoms with van der Waals surface area (Å²) in [4.78, 5) is 0. The molecule has 2 rings (SSSR count). The van der Waals surface area contributed by atoms with Gasteiger partial charge in [0.15, 0.2) is 0 Å². The molecular weight excluding hydrogens is 351 g/mol. The Hall–Kier alpha value is -1.15. The van der Waals surface area contributed by atoms with Crippen molar-refractivity contribution in [2.75, 3.05) is 6.61 Å². The van der Waals surface area contributed by atoms with Gasteiger partial charge in [-0.3, -0.25) is 0 Å². The predicted molar refractivity (Wildman–Crippen MR) is 94.5 cm³/mol. The van der Waals surface area contributed by atoms with Crippen LogP contribution in [0.25, 0.3) is 0 Å². The summed E-state index contributed by atoms with van der Waals surface area (Å²) in [5.41, 5.74) is 0.965. The second-order valence-electron chi connectivity index (χ2n) is 4.46. The zero-order valence-electron chi connectivity index (χ0n) is 14.7.